The standard InChI is InChI=1S/C16H22N2O4/c1-16(15(20)21,11-6-4-3-5-7-11)14(19)18-12-8-9-13(22-2)17-10-12/h8-11H,3-7H2,1-2H3,(H,18,19)(H,20,21). The van der Waals surface area contributed by atoms with Crippen LogP contribution in [-0.2, 0) is 9.59 Å². The number of carboxylic acid groups (broad SMARTS) is 1. The van der Waals surface area contributed by atoms with Gasteiger partial charge in [0, 0.05) is 6.07 Å². The minimum atomic E-state index is -1.42. The van der Waals surface area contributed by atoms with Crippen LogP contribution in [0.1, 0.15) is 39.0 Å². The highest BCUT2D eigenvalue weighted by molar-refractivity contribution is 6.08. The average molecular weight is 306 g/mol. The van der Waals surface area contributed by atoms with Gasteiger partial charge in [-0.25, -0.2) is 4.98 Å². The lowest BCUT2D eigenvalue weighted by molar-refractivity contribution is -0.157. The summed E-state index contributed by atoms with van der Waals surface area (Å²) in [5, 5.41) is 12.3. The molecule has 6 heteroatoms. The molecular formula is C16H22N2O4. The van der Waals surface area contributed by atoms with E-state index < -0.39 is 17.3 Å². The lowest BCUT2D eigenvalue weighted by Crippen LogP contribution is -2.47. The molecule has 2 N–H and O–H groups in total. The lowest BCUT2D eigenvalue weighted by atomic mass is 9.69. The molecule has 1 amide bonds. The first kappa shape index (κ1) is 16.3. The fourth-order valence-electron chi connectivity index (χ4n) is 2.97. The van der Waals surface area contributed by atoms with Gasteiger partial charge in [-0.1, -0.05) is 19.3 Å². The van der Waals surface area contributed by atoms with Crippen LogP contribution in [0.4, 0.5) is 5.69 Å². The van der Waals surface area contributed by atoms with E-state index in [1.807, 2.05) is 0 Å². The largest absolute Gasteiger partial charge is 0.481 e. The maximum absolute atomic E-state index is 12.6. The second-order valence-corrected chi connectivity index (χ2v) is 5.89. The van der Waals surface area contributed by atoms with Crippen LogP contribution in [0, 0.1) is 11.3 Å². The molecule has 1 aromatic rings. The predicted molar refractivity (Wildman–Crippen MR) is 81.7 cm³/mol. The first-order chi connectivity index (χ1) is 10.5. The summed E-state index contributed by atoms with van der Waals surface area (Å²) in [7, 11) is 1.51. The Morgan fingerprint density at radius 1 is 1.32 bits per heavy atom. The van der Waals surface area contributed by atoms with E-state index in [4.69, 9.17) is 4.74 Å². The van der Waals surface area contributed by atoms with Gasteiger partial charge >= 0.3 is 5.97 Å². The van der Waals surface area contributed by atoms with Crippen molar-refractivity contribution in [2.24, 2.45) is 11.3 Å². The van der Waals surface area contributed by atoms with Gasteiger partial charge in [0.25, 0.3) is 0 Å². The van der Waals surface area contributed by atoms with Crippen molar-refractivity contribution in [2.45, 2.75) is 39.0 Å². The first-order valence-corrected chi connectivity index (χ1v) is 7.53. The third-order valence-corrected chi connectivity index (χ3v) is 4.54. The Kier molecular flexibility index (Phi) is 5.00. The maximum atomic E-state index is 12.6. The van der Waals surface area contributed by atoms with E-state index in [0.29, 0.717) is 11.6 Å². The summed E-state index contributed by atoms with van der Waals surface area (Å²) in [5.74, 6) is -1.26. The topological polar surface area (TPSA) is 88.5 Å². The zero-order valence-corrected chi connectivity index (χ0v) is 13.0. The zero-order chi connectivity index (χ0) is 16.2. The van der Waals surface area contributed by atoms with E-state index in [-0.39, 0.29) is 5.92 Å². The summed E-state index contributed by atoms with van der Waals surface area (Å²) in [5.41, 5.74) is -0.950. The number of aliphatic carboxylic acids is 1. The van der Waals surface area contributed by atoms with Crippen LogP contribution in [0.2, 0.25) is 0 Å². The number of hydrogen-bond donors (Lipinski definition) is 2. The number of carbonyl (C=O) groups is 2. The molecule has 0 aliphatic heterocycles. The van der Waals surface area contributed by atoms with E-state index in [9.17, 15) is 14.7 Å². The number of nitrogens with zero attached hydrogens (tertiary/aromatic N) is 1. The van der Waals surface area contributed by atoms with Gasteiger partial charge in [-0.15, -0.1) is 0 Å². The van der Waals surface area contributed by atoms with Gasteiger partial charge in [-0.05, 0) is 31.7 Å². The number of anilines is 1. The molecule has 22 heavy (non-hydrogen) atoms. The summed E-state index contributed by atoms with van der Waals surface area (Å²) < 4.78 is 4.96. The maximum Gasteiger partial charge on any atom is 0.319 e. The van der Waals surface area contributed by atoms with Gasteiger partial charge in [0.05, 0.1) is 19.0 Å². The highest BCUT2D eigenvalue weighted by atomic mass is 16.5. The summed E-state index contributed by atoms with van der Waals surface area (Å²) in [6.07, 6.45) is 6.07. The molecule has 0 radical (unpaired) electrons. The molecule has 0 saturated heterocycles. The number of methoxy groups -OCH3 is 1. The van der Waals surface area contributed by atoms with Gasteiger partial charge in [-0.2, -0.15) is 0 Å². The van der Waals surface area contributed by atoms with Crippen molar-refractivity contribution >= 4 is 17.6 Å². The first-order valence-electron chi connectivity index (χ1n) is 7.53. The molecule has 120 valence electrons. The Hall–Kier alpha value is -2.11. The average Bonchev–Trinajstić information content (AvgIpc) is 2.55. The second kappa shape index (κ2) is 6.77. The van der Waals surface area contributed by atoms with Crippen LogP contribution >= 0.6 is 0 Å². The van der Waals surface area contributed by atoms with Crippen molar-refractivity contribution < 1.29 is 19.4 Å². The van der Waals surface area contributed by atoms with Crippen molar-refractivity contribution in [2.75, 3.05) is 12.4 Å². The summed E-state index contributed by atoms with van der Waals surface area (Å²) in [4.78, 5) is 28.3. The van der Waals surface area contributed by atoms with Crippen molar-refractivity contribution in [3.05, 3.63) is 18.3 Å². The molecule has 1 unspecified atom stereocenters. The lowest BCUT2D eigenvalue weighted by Gasteiger charge is -2.35. The molecule has 2 rings (SSSR count). The zero-order valence-electron chi connectivity index (χ0n) is 13.0. The van der Waals surface area contributed by atoms with Crippen molar-refractivity contribution in [1.82, 2.24) is 4.98 Å². The van der Waals surface area contributed by atoms with Crippen LogP contribution < -0.4 is 10.1 Å². The van der Waals surface area contributed by atoms with E-state index in [0.717, 1.165) is 32.1 Å². The predicted octanol–water partition coefficient (Wildman–Crippen LogP) is 2.70. The van der Waals surface area contributed by atoms with E-state index in [1.165, 1.54) is 20.2 Å². The SMILES string of the molecule is COc1ccc(NC(=O)C(C)(C(=O)O)C2CCCCC2)cn1. The molecule has 0 aromatic carbocycles. The number of ether oxygens (including phenoxy) is 1. The Balaban J connectivity index is 2.16. The van der Waals surface area contributed by atoms with E-state index >= 15 is 0 Å². The Morgan fingerprint density at radius 2 is 2.00 bits per heavy atom. The van der Waals surface area contributed by atoms with Gasteiger partial charge in [0.1, 0.15) is 5.41 Å². The van der Waals surface area contributed by atoms with Crippen LogP contribution in [0.5, 0.6) is 5.88 Å². The molecule has 1 aromatic heterocycles. The van der Waals surface area contributed by atoms with E-state index in [2.05, 4.69) is 10.3 Å². The second-order valence-electron chi connectivity index (χ2n) is 5.89. The fourth-order valence-corrected chi connectivity index (χ4v) is 2.97. The molecule has 1 aliphatic carbocycles. The monoisotopic (exact) mass is 306 g/mol. The quantitative estimate of drug-likeness (QED) is 0.816. The highest BCUT2D eigenvalue weighted by Gasteiger charge is 2.48. The molecule has 1 heterocycles. The number of hydrogen-bond acceptors (Lipinski definition) is 4. The Morgan fingerprint density at radius 3 is 2.50 bits per heavy atom. The third kappa shape index (κ3) is 3.21. The summed E-state index contributed by atoms with van der Waals surface area (Å²) >= 11 is 0. The summed E-state index contributed by atoms with van der Waals surface area (Å²) in [6.45, 7) is 1.53. The molecule has 1 aliphatic rings. The number of aromatic nitrogens is 1. The van der Waals surface area contributed by atoms with Crippen molar-refractivity contribution in [3.8, 4) is 5.88 Å². The highest BCUT2D eigenvalue weighted by Crippen LogP contribution is 2.39. The van der Waals surface area contributed by atoms with Crippen LogP contribution in [0.3, 0.4) is 0 Å². The van der Waals surface area contributed by atoms with Gasteiger partial charge in [0.2, 0.25) is 11.8 Å². The normalized spacial score (nSPS) is 18.3. The van der Waals surface area contributed by atoms with Gasteiger partial charge < -0.3 is 15.2 Å². The van der Waals surface area contributed by atoms with Crippen LogP contribution in [-0.4, -0.2) is 29.1 Å². The number of rotatable bonds is 5. The van der Waals surface area contributed by atoms with Gasteiger partial charge in [-0.3, -0.25) is 9.59 Å². The molecule has 1 saturated carbocycles. The van der Waals surface area contributed by atoms with Crippen LogP contribution in [0.25, 0.3) is 0 Å². The van der Waals surface area contributed by atoms with Crippen molar-refractivity contribution in [1.29, 1.82) is 0 Å². The fraction of sp³-hybridized carbons (Fsp3) is 0.562. The molecule has 0 spiro atoms. The Bertz CT molecular complexity index is 538. The minimum Gasteiger partial charge on any atom is -0.481 e. The number of amides is 1. The molecule has 0 bridgehead atoms. The minimum absolute atomic E-state index is 0.134. The van der Waals surface area contributed by atoms with E-state index in [1.54, 1.807) is 12.1 Å². The van der Waals surface area contributed by atoms with Crippen molar-refractivity contribution in [3.63, 3.8) is 0 Å². The Labute approximate surface area is 129 Å². The number of carbonyl (C=O) groups excluding carboxylic acids is 1. The number of nitrogens with one attached hydrogen (secondary N) is 1. The molecule has 1 fully saturated rings. The summed E-state index contributed by atoms with van der Waals surface area (Å²) in [6, 6.07) is 3.27. The molecular weight excluding hydrogens is 284 g/mol. The molecule has 1 atom stereocenters. The third-order valence-electron chi connectivity index (χ3n) is 4.54. The van der Waals surface area contributed by atoms with Crippen LogP contribution in [0.15, 0.2) is 18.3 Å². The number of pyridine rings is 1. The van der Waals surface area contributed by atoms with Gasteiger partial charge in [0.15, 0.2) is 0 Å². The number of carboxylic acids is 1. The molecule has 6 nitrogen and oxygen atoms in total. The smallest absolute Gasteiger partial charge is 0.319 e.